The van der Waals surface area contributed by atoms with Crippen LogP contribution in [-0.4, -0.2) is 14.3 Å². The van der Waals surface area contributed by atoms with Gasteiger partial charge in [-0.2, -0.15) is 8.42 Å². The van der Waals surface area contributed by atoms with Crippen LogP contribution in [0.3, 0.4) is 0 Å². The van der Waals surface area contributed by atoms with E-state index in [1.807, 2.05) is 0 Å². The molecule has 0 unspecified atom stereocenters. The molecule has 2 aromatic rings. The van der Waals surface area contributed by atoms with Crippen LogP contribution in [-0.2, 0) is 10.1 Å². The normalized spacial score (nSPS) is 11.1. The molecule has 2 aromatic carbocycles. The molecule has 110 valence electrons. The smallest absolute Gasteiger partial charge is 0.340 e. The zero-order chi connectivity index (χ0) is 15.6. The molecule has 21 heavy (non-hydrogen) atoms. The zero-order valence-electron chi connectivity index (χ0n) is 10.4. The van der Waals surface area contributed by atoms with Crippen molar-refractivity contribution in [3.63, 3.8) is 0 Å². The lowest BCUT2D eigenvalue weighted by atomic mass is 10.2. The quantitative estimate of drug-likeness (QED) is 0.833. The zero-order valence-corrected chi connectivity index (χ0v) is 12.8. The first-order valence-electron chi connectivity index (χ1n) is 5.59. The van der Waals surface area contributed by atoms with Crippen LogP contribution < -0.4 is 9.92 Å². The fraction of sp³-hybridized carbons (Fsp3) is 0. The Morgan fingerprint density at radius 1 is 1.19 bits per heavy atom. The minimum Gasteiger partial charge on any atom is -0.379 e. The summed E-state index contributed by atoms with van der Waals surface area (Å²) in [7, 11) is -4.17. The van der Waals surface area contributed by atoms with Gasteiger partial charge in [0.05, 0.1) is 0 Å². The molecule has 0 aromatic heterocycles. The van der Waals surface area contributed by atoms with Crippen molar-refractivity contribution in [3.05, 3.63) is 58.3 Å². The molecule has 0 aliphatic heterocycles. The predicted molar refractivity (Wildman–Crippen MR) is 76.9 cm³/mol. The lowest BCUT2D eigenvalue weighted by Crippen LogP contribution is -2.13. The molecule has 8 heteroatoms. The van der Waals surface area contributed by atoms with Gasteiger partial charge in [0.1, 0.15) is 16.5 Å². The van der Waals surface area contributed by atoms with E-state index in [2.05, 4.69) is 15.9 Å². The maximum Gasteiger partial charge on any atom is 0.340 e. The Labute approximate surface area is 128 Å². The van der Waals surface area contributed by atoms with Crippen molar-refractivity contribution < 1.29 is 21.8 Å². The average molecular weight is 374 g/mol. The molecule has 0 fully saturated rings. The maximum atomic E-state index is 13.0. The molecular weight excluding hydrogens is 365 g/mol. The Morgan fingerprint density at radius 2 is 1.90 bits per heavy atom. The Morgan fingerprint density at radius 3 is 2.52 bits per heavy atom. The van der Waals surface area contributed by atoms with Gasteiger partial charge in [-0.1, -0.05) is 6.07 Å². The SMILES string of the molecule is NC(=O)c1cccc(OS(=O)(=O)c2ccc(F)cc2Br)c1. The molecule has 0 saturated heterocycles. The fourth-order valence-corrected chi connectivity index (χ4v) is 3.48. The fourth-order valence-electron chi connectivity index (χ4n) is 1.55. The third-order valence-electron chi connectivity index (χ3n) is 2.49. The summed E-state index contributed by atoms with van der Waals surface area (Å²) in [6.45, 7) is 0. The molecule has 0 atom stereocenters. The van der Waals surface area contributed by atoms with Crippen molar-refractivity contribution in [2.75, 3.05) is 0 Å². The Hall–Kier alpha value is -1.93. The first kappa shape index (κ1) is 15.5. The van der Waals surface area contributed by atoms with Crippen LogP contribution in [0.15, 0.2) is 51.8 Å². The summed E-state index contributed by atoms with van der Waals surface area (Å²) in [5.41, 5.74) is 5.22. The third-order valence-corrected chi connectivity index (χ3v) is 4.71. The standard InChI is InChI=1S/C13H9BrFNO4S/c14-11-7-9(15)4-5-12(11)21(18,19)20-10-3-1-2-8(6-10)13(16)17/h1-7H,(H2,16,17). The number of primary amides is 1. The molecule has 0 bridgehead atoms. The van der Waals surface area contributed by atoms with Gasteiger partial charge in [0.15, 0.2) is 0 Å². The highest BCUT2D eigenvalue weighted by Crippen LogP contribution is 2.26. The molecule has 1 amide bonds. The number of carbonyl (C=O) groups excluding carboxylic acids is 1. The van der Waals surface area contributed by atoms with Gasteiger partial charge in [-0.15, -0.1) is 0 Å². The van der Waals surface area contributed by atoms with Crippen molar-refractivity contribution in [2.24, 2.45) is 5.73 Å². The lowest BCUT2D eigenvalue weighted by molar-refractivity contribution is 0.1000. The number of nitrogens with two attached hydrogens (primary N) is 1. The number of hydrogen-bond acceptors (Lipinski definition) is 4. The van der Waals surface area contributed by atoms with Gasteiger partial charge < -0.3 is 9.92 Å². The van der Waals surface area contributed by atoms with Gasteiger partial charge in [-0.05, 0) is 52.3 Å². The van der Waals surface area contributed by atoms with Gasteiger partial charge in [-0.25, -0.2) is 4.39 Å². The molecule has 0 aliphatic rings. The monoisotopic (exact) mass is 373 g/mol. The highest BCUT2D eigenvalue weighted by atomic mass is 79.9. The number of hydrogen-bond donors (Lipinski definition) is 1. The summed E-state index contributed by atoms with van der Waals surface area (Å²) in [5.74, 6) is -1.36. The summed E-state index contributed by atoms with van der Waals surface area (Å²) in [4.78, 5) is 10.8. The van der Waals surface area contributed by atoms with Gasteiger partial charge >= 0.3 is 10.1 Å². The largest absolute Gasteiger partial charge is 0.379 e. The van der Waals surface area contributed by atoms with E-state index in [1.54, 1.807) is 0 Å². The summed E-state index contributed by atoms with van der Waals surface area (Å²) >= 11 is 2.96. The summed E-state index contributed by atoms with van der Waals surface area (Å²) in [5, 5.41) is 0. The molecule has 0 radical (unpaired) electrons. The number of rotatable bonds is 4. The minimum absolute atomic E-state index is 0.0357. The van der Waals surface area contributed by atoms with Gasteiger partial charge in [0, 0.05) is 10.0 Å². The van der Waals surface area contributed by atoms with Gasteiger partial charge in [0.2, 0.25) is 5.91 Å². The van der Waals surface area contributed by atoms with E-state index < -0.39 is 21.8 Å². The lowest BCUT2D eigenvalue weighted by Gasteiger charge is -2.09. The van der Waals surface area contributed by atoms with Gasteiger partial charge in [0.25, 0.3) is 0 Å². The molecule has 0 saturated carbocycles. The summed E-state index contributed by atoms with van der Waals surface area (Å²) in [6.07, 6.45) is 0. The summed E-state index contributed by atoms with van der Waals surface area (Å²) in [6, 6.07) is 8.52. The third kappa shape index (κ3) is 3.59. The van der Waals surface area contributed by atoms with E-state index in [9.17, 15) is 17.6 Å². The van der Waals surface area contributed by atoms with Crippen LogP contribution in [0.1, 0.15) is 10.4 Å². The number of amides is 1. The Balaban J connectivity index is 2.37. The molecule has 2 rings (SSSR count). The van der Waals surface area contributed by atoms with Crippen LogP contribution >= 0.6 is 15.9 Å². The highest BCUT2D eigenvalue weighted by Gasteiger charge is 2.20. The van der Waals surface area contributed by atoms with Crippen molar-refractivity contribution in [2.45, 2.75) is 4.90 Å². The van der Waals surface area contributed by atoms with E-state index in [4.69, 9.17) is 9.92 Å². The molecule has 2 N–H and O–H groups in total. The van der Waals surface area contributed by atoms with Crippen molar-refractivity contribution in [3.8, 4) is 5.75 Å². The molecule has 0 aliphatic carbocycles. The van der Waals surface area contributed by atoms with Crippen LogP contribution in [0, 0.1) is 5.82 Å². The average Bonchev–Trinajstić information content (AvgIpc) is 2.37. The van der Waals surface area contributed by atoms with E-state index in [1.165, 1.54) is 24.3 Å². The van der Waals surface area contributed by atoms with Crippen molar-refractivity contribution in [1.29, 1.82) is 0 Å². The Kier molecular flexibility index (Phi) is 4.29. The van der Waals surface area contributed by atoms with Crippen LogP contribution in [0.4, 0.5) is 4.39 Å². The highest BCUT2D eigenvalue weighted by molar-refractivity contribution is 9.10. The van der Waals surface area contributed by atoms with E-state index in [0.29, 0.717) is 0 Å². The number of benzene rings is 2. The van der Waals surface area contributed by atoms with Crippen LogP contribution in [0.5, 0.6) is 5.75 Å². The van der Waals surface area contributed by atoms with Crippen molar-refractivity contribution in [1.82, 2.24) is 0 Å². The first-order chi connectivity index (χ1) is 9.79. The molecule has 0 heterocycles. The predicted octanol–water partition coefficient (Wildman–Crippen LogP) is 2.45. The van der Waals surface area contributed by atoms with E-state index in [-0.39, 0.29) is 20.7 Å². The molecule has 5 nitrogen and oxygen atoms in total. The van der Waals surface area contributed by atoms with Gasteiger partial charge in [-0.3, -0.25) is 4.79 Å². The maximum absolute atomic E-state index is 13.0. The molecular formula is C13H9BrFNO4S. The summed E-state index contributed by atoms with van der Waals surface area (Å²) < 4.78 is 42.2. The Bertz CT molecular complexity index is 808. The molecule has 0 spiro atoms. The van der Waals surface area contributed by atoms with Crippen molar-refractivity contribution >= 4 is 32.0 Å². The topological polar surface area (TPSA) is 86.5 Å². The first-order valence-corrected chi connectivity index (χ1v) is 7.79. The van der Waals surface area contributed by atoms with Crippen LogP contribution in [0.25, 0.3) is 0 Å². The second-order valence-corrected chi connectivity index (χ2v) is 6.37. The number of halogens is 2. The van der Waals surface area contributed by atoms with Crippen LogP contribution in [0.2, 0.25) is 0 Å². The van der Waals surface area contributed by atoms with E-state index >= 15 is 0 Å². The second kappa shape index (κ2) is 5.82. The second-order valence-electron chi connectivity index (χ2n) is 4.00. The number of carbonyl (C=O) groups is 1. The minimum atomic E-state index is -4.17. The van der Waals surface area contributed by atoms with E-state index in [0.717, 1.165) is 18.2 Å².